The molecule has 4 rings (SSSR count). The van der Waals surface area contributed by atoms with Crippen LogP contribution in [0.2, 0.25) is 0 Å². The fourth-order valence-corrected chi connectivity index (χ4v) is 4.30. The van der Waals surface area contributed by atoms with E-state index in [9.17, 15) is 23.3 Å². The fraction of sp³-hybridized carbons (Fsp3) is 0.250. The number of nitro groups is 1. The first-order valence-corrected chi connectivity index (χ1v) is 9.56. The molecule has 0 unspecified atom stereocenters. The molecular weight excluding hydrogens is 401 g/mol. The van der Waals surface area contributed by atoms with Crippen LogP contribution >= 0.6 is 23.1 Å². The van der Waals surface area contributed by atoms with Crippen LogP contribution in [0.25, 0.3) is 10.7 Å². The number of rotatable bonds is 5. The van der Waals surface area contributed by atoms with Crippen LogP contribution in [0, 0.1) is 10.1 Å². The Kier molecular flexibility index (Phi) is 4.42. The predicted molar refractivity (Wildman–Crippen MR) is 93.8 cm³/mol. The molecule has 0 atom stereocenters. The van der Waals surface area contributed by atoms with Crippen LogP contribution in [-0.2, 0) is 6.18 Å². The minimum atomic E-state index is -4.64. The first-order valence-electron chi connectivity index (χ1n) is 7.87. The van der Waals surface area contributed by atoms with Crippen LogP contribution in [-0.4, -0.2) is 19.7 Å². The smallest absolute Gasteiger partial charge is 0.298 e. The Morgan fingerprint density at radius 2 is 2.04 bits per heavy atom. The van der Waals surface area contributed by atoms with Crippen LogP contribution in [0.4, 0.5) is 18.9 Å². The van der Waals surface area contributed by atoms with E-state index < -0.39 is 22.4 Å². The largest absolute Gasteiger partial charge is 0.416 e. The highest BCUT2D eigenvalue weighted by atomic mass is 32.2. The summed E-state index contributed by atoms with van der Waals surface area (Å²) in [6.07, 6.45) is -2.76. The predicted octanol–water partition coefficient (Wildman–Crippen LogP) is 5.42. The highest BCUT2D eigenvalue weighted by molar-refractivity contribution is 7.99. The van der Waals surface area contributed by atoms with E-state index in [0.29, 0.717) is 17.0 Å². The summed E-state index contributed by atoms with van der Waals surface area (Å²) in [5, 5.41) is 22.0. The maximum Gasteiger partial charge on any atom is 0.416 e. The summed E-state index contributed by atoms with van der Waals surface area (Å²) in [4.78, 5) is 11.5. The molecule has 0 radical (unpaired) electrons. The molecule has 0 aliphatic heterocycles. The van der Waals surface area contributed by atoms with Gasteiger partial charge in [0.1, 0.15) is 0 Å². The second kappa shape index (κ2) is 6.64. The lowest BCUT2D eigenvalue weighted by Crippen LogP contribution is -2.06. The van der Waals surface area contributed by atoms with Gasteiger partial charge in [-0.05, 0) is 48.2 Å². The van der Waals surface area contributed by atoms with Crippen LogP contribution in [0.5, 0.6) is 0 Å². The number of nitrogens with zero attached hydrogens (tertiary/aromatic N) is 4. The summed E-state index contributed by atoms with van der Waals surface area (Å²) in [5.74, 6) is 0.671. The molecule has 0 saturated heterocycles. The van der Waals surface area contributed by atoms with Gasteiger partial charge in [0, 0.05) is 12.1 Å². The number of aromatic nitrogens is 3. The molecule has 2 aromatic heterocycles. The van der Waals surface area contributed by atoms with Gasteiger partial charge in [-0.25, -0.2) is 0 Å². The molecule has 1 aromatic carbocycles. The summed E-state index contributed by atoms with van der Waals surface area (Å²) in [5.41, 5.74) is -1.65. The van der Waals surface area contributed by atoms with E-state index in [4.69, 9.17) is 0 Å². The number of halogens is 3. The molecule has 1 aliphatic rings. The second-order valence-corrected chi connectivity index (χ2v) is 7.88. The molecule has 1 aliphatic carbocycles. The monoisotopic (exact) mass is 412 g/mol. The van der Waals surface area contributed by atoms with Gasteiger partial charge in [-0.15, -0.1) is 21.5 Å². The van der Waals surface area contributed by atoms with Gasteiger partial charge < -0.3 is 0 Å². The van der Waals surface area contributed by atoms with Gasteiger partial charge in [0.25, 0.3) is 5.69 Å². The molecule has 0 bridgehead atoms. The van der Waals surface area contributed by atoms with Gasteiger partial charge in [-0.2, -0.15) is 13.2 Å². The average molecular weight is 412 g/mol. The zero-order chi connectivity index (χ0) is 19.2. The fourth-order valence-electron chi connectivity index (χ4n) is 2.60. The maximum absolute atomic E-state index is 12.9. The Morgan fingerprint density at radius 3 is 2.63 bits per heavy atom. The Balaban J connectivity index is 1.74. The van der Waals surface area contributed by atoms with Crippen molar-refractivity contribution >= 4 is 28.8 Å². The van der Waals surface area contributed by atoms with Crippen LogP contribution in [0.15, 0.2) is 45.8 Å². The molecule has 140 valence electrons. The lowest BCUT2D eigenvalue weighted by atomic mass is 10.2. The minimum absolute atomic E-state index is 0.0972. The molecular formula is C16H11F3N4O2S2. The number of alkyl halides is 3. The van der Waals surface area contributed by atoms with Gasteiger partial charge in [0.15, 0.2) is 11.0 Å². The third-order valence-electron chi connectivity index (χ3n) is 4.00. The topological polar surface area (TPSA) is 73.8 Å². The molecule has 0 spiro atoms. The summed E-state index contributed by atoms with van der Waals surface area (Å²) in [6, 6.07) is 6.51. The molecule has 27 heavy (non-hydrogen) atoms. The van der Waals surface area contributed by atoms with E-state index in [0.717, 1.165) is 41.6 Å². The molecule has 2 heterocycles. The van der Waals surface area contributed by atoms with Crippen molar-refractivity contribution in [2.24, 2.45) is 0 Å². The standard InChI is InChI=1S/C16H11F3N4O2S2/c17-16(18,19)9-3-6-12(11(8-9)23(24)25)27-15-21-20-14(13-2-1-7-26-13)22(15)10-4-5-10/h1-3,6-8,10H,4-5H2. The van der Waals surface area contributed by atoms with E-state index in [-0.39, 0.29) is 10.9 Å². The van der Waals surface area contributed by atoms with Crippen molar-refractivity contribution in [3.8, 4) is 10.7 Å². The number of hydrogen-bond donors (Lipinski definition) is 0. The van der Waals surface area contributed by atoms with Gasteiger partial charge in [-0.1, -0.05) is 6.07 Å². The average Bonchev–Trinajstić information content (AvgIpc) is 3.14. The third-order valence-corrected chi connectivity index (χ3v) is 5.89. The van der Waals surface area contributed by atoms with Crippen molar-refractivity contribution in [2.75, 3.05) is 0 Å². The number of nitro benzene ring substituents is 1. The third kappa shape index (κ3) is 3.56. The van der Waals surface area contributed by atoms with Gasteiger partial charge in [0.2, 0.25) is 0 Å². The molecule has 1 fully saturated rings. The highest BCUT2D eigenvalue weighted by Crippen LogP contribution is 2.45. The molecule has 11 heteroatoms. The van der Waals surface area contributed by atoms with Gasteiger partial charge >= 0.3 is 6.18 Å². The molecule has 0 N–H and O–H groups in total. The lowest BCUT2D eigenvalue weighted by molar-refractivity contribution is -0.388. The van der Waals surface area contributed by atoms with Crippen LogP contribution in [0.3, 0.4) is 0 Å². The summed E-state index contributed by atoms with van der Waals surface area (Å²) in [6.45, 7) is 0. The molecule has 1 saturated carbocycles. The summed E-state index contributed by atoms with van der Waals surface area (Å²) in [7, 11) is 0. The van der Waals surface area contributed by atoms with E-state index in [1.54, 1.807) is 0 Å². The zero-order valence-corrected chi connectivity index (χ0v) is 15.1. The summed E-state index contributed by atoms with van der Waals surface area (Å²) >= 11 is 2.46. The quantitative estimate of drug-likeness (QED) is 0.413. The van der Waals surface area contributed by atoms with Crippen LogP contribution in [0.1, 0.15) is 24.4 Å². The first-order chi connectivity index (χ1) is 12.8. The lowest BCUT2D eigenvalue weighted by Gasteiger charge is -2.10. The number of thiophene rings is 1. The number of benzene rings is 1. The minimum Gasteiger partial charge on any atom is -0.298 e. The Labute approximate surface area is 159 Å². The van der Waals surface area contributed by atoms with E-state index in [1.165, 1.54) is 11.3 Å². The van der Waals surface area contributed by atoms with Gasteiger partial charge in [-0.3, -0.25) is 14.7 Å². The van der Waals surface area contributed by atoms with E-state index in [2.05, 4.69) is 10.2 Å². The maximum atomic E-state index is 12.9. The normalized spacial score (nSPS) is 14.5. The molecule has 3 aromatic rings. The van der Waals surface area contributed by atoms with E-state index >= 15 is 0 Å². The van der Waals surface area contributed by atoms with Crippen molar-refractivity contribution in [3.63, 3.8) is 0 Å². The highest BCUT2D eigenvalue weighted by Gasteiger charge is 2.34. The number of hydrogen-bond acceptors (Lipinski definition) is 6. The summed E-state index contributed by atoms with van der Waals surface area (Å²) < 4.78 is 40.5. The Hall–Kier alpha value is -2.40. The van der Waals surface area contributed by atoms with Crippen molar-refractivity contribution in [2.45, 2.75) is 35.1 Å². The Bertz CT molecular complexity index is 998. The zero-order valence-electron chi connectivity index (χ0n) is 13.5. The molecule has 6 nitrogen and oxygen atoms in total. The second-order valence-electron chi connectivity index (χ2n) is 5.92. The Morgan fingerprint density at radius 1 is 1.26 bits per heavy atom. The van der Waals surface area contributed by atoms with E-state index in [1.807, 2.05) is 22.1 Å². The molecule has 0 amide bonds. The first kappa shape index (κ1) is 18.0. The van der Waals surface area contributed by atoms with Crippen LogP contribution < -0.4 is 0 Å². The van der Waals surface area contributed by atoms with Crippen molar-refractivity contribution in [1.82, 2.24) is 14.8 Å². The SMILES string of the molecule is O=[N+]([O-])c1cc(C(F)(F)F)ccc1Sc1nnc(-c2cccs2)n1C1CC1. The van der Waals surface area contributed by atoms with Crippen molar-refractivity contribution < 1.29 is 18.1 Å². The van der Waals surface area contributed by atoms with Crippen molar-refractivity contribution in [1.29, 1.82) is 0 Å². The van der Waals surface area contributed by atoms with Gasteiger partial charge in [0.05, 0.1) is 20.3 Å². The van der Waals surface area contributed by atoms with Crippen molar-refractivity contribution in [3.05, 3.63) is 51.4 Å².